The van der Waals surface area contributed by atoms with Crippen molar-refractivity contribution in [2.24, 2.45) is 0 Å². The summed E-state index contributed by atoms with van der Waals surface area (Å²) in [5, 5.41) is 0. The standard InChI is InChI=1S/C22H28N4O4S/c1-3-31(29,30)26-10-8-19-18(14-26)22(28)24-21(23-19)17-7-9-25(13-17)20(27)12-16-6-4-5-15(2)11-16/h4-6,11,17H,3,7-10,12-14H2,1-2H3,(H,23,24,28)/t17-/m0/s1. The normalized spacial score (nSPS) is 19.4. The fourth-order valence-electron chi connectivity index (χ4n) is 4.35. The number of fused-ring (bicyclic) bond motifs is 1. The molecule has 0 bridgehead atoms. The van der Waals surface area contributed by atoms with Gasteiger partial charge in [0.15, 0.2) is 0 Å². The van der Waals surface area contributed by atoms with Crippen molar-refractivity contribution in [1.82, 2.24) is 19.2 Å². The van der Waals surface area contributed by atoms with Gasteiger partial charge >= 0.3 is 0 Å². The Bertz CT molecular complexity index is 1160. The third-order valence-electron chi connectivity index (χ3n) is 6.18. The highest BCUT2D eigenvalue weighted by molar-refractivity contribution is 7.89. The summed E-state index contributed by atoms with van der Waals surface area (Å²) in [5.41, 5.74) is 2.95. The van der Waals surface area contributed by atoms with E-state index in [0.29, 0.717) is 49.6 Å². The molecule has 31 heavy (non-hydrogen) atoms. The van der Waals surface area contributed by atoms with Crippen molar-refractivity contribution in [1.29, 1.82) is 0 Å². The molecule has 9 heteroatoms. The third kappa shape index (κ3) is 4.57. The predicted molar refractivity (Wildman–Crippen MR) is 117 cm³/mol. The van der Waals surface area contributed by atoms with E-state index in [2.05, 4.69) is 9.97 Å². The van der Waals surface area contributed by atoms with Crippen molar-refractivity contribution >= 4 is 15.9 Å². The first kappa shape index (κ1) is 21.7. The number of hydrogen-bond acceptors (Lipinski definition) is 5. The average Bonchev–Trinajstić information content (AvgIpc) is 3.24. The first-order chi connectivity index (χ1) is 14.8. The SMILES string of the molecule is CCS(=O)(=O)N1CCc2nc([C@H]3CCN(C(=O)Cc4cccc(C)c4)C3)[nH]c(=O)c2C1. The zero-order valence-electron chi connectivity index (χ0n) is 17.9. The smallest absolute Gasteiger partial charge is 0.255 e. The van der Waals surface area contributed by atoms with Gasteiger partial charge in [-0.1, -0.05) is 29.8 Å². The Kier molecular flexibility index (Phi) is 5.98. The summed E-state index contributed by atoms with van der Waals surface area (Å²) in [7, 11) is -3.34. The molecule has 1 saturated heterocycles. The summed E-state index contributed by atoms with van der Waals surface area (Å²) in [5.74, 6) is 0.673. The van der Waals surface area contributed by atoms with Gasteiger partial charge in [0, 0.05) is 38.5 Å². The highest BCUT2D eigenvalue weighted by Gasteiger charge is 2.32. The lowest BCUT2D eigenvalue weighted by Gasteiger charge is -2.27. The molecule has 2 aromatic rings. The van der Waals surface area contributed by atoms with Gasteiger partial charge in [-0.15, -0.1) is 0 Å². The zero-order valence-corrected chi connectivity index (χ0v) is 18.7. The number of likely N-dealkylation sites (tertiary alicyclic amines) is 1. The van der Waals surface area contributed by atoms with Gasteiger partial charge in [-0.3, -0.25) is 9.59 Å². The number of benzene rings is 1. The number of sulfonamides is 1. The summed E-state index contributed by atoms with van der Waals surface area (Å²) in [4.78, 5) is 34.8. The Hall–Kier alpha value is -2.52. The lowest BCUT2D eigenvalue weighted by atomic mass is 10.1. The lowest BCUT2D eigenvalue weighted by molar-refractivity contribution is -0.129. The van der Waals surface area contributed by atoms with E-state index in [1.807, 2.05) is 36.1 Å². The summed E-state index contributed by atoms with van der Waals surface area (Å²) in [6.07, 6.45) is 1.54. The molecule has 0 unspecified atom stereocenters. The van der Waals surface area contributed by atoms with Crippen LogP contribution in [0, 0.1) is 6.92 Å². The number of H-pyrrole nitrogens is 1. The second kappa shape index (κ2) is 8.55. The van der Waals surface area contributed by atoms with E-state index in [1.54, 1.807) is 6.92 Å². The van der Waals surface area contributed by atoms with Crippen LogP contribution in [-0.2, 0) is 34.2 Å². The molecule has 4 rings (SSSR count). The first-order valence-corrected chi connectivity index (χ1v) is 12.3. The number of aromatic nitrogens is 2. The molecule has 3 heterocycles. The molecule has 1 fully saturated rings. The number of aromatic amines is 1. The molecule has 1 aromatic heterocycles. The molecule has 1 atom stereocenters. The maximum absolute atomic E-state index is 12.7. The van der Waals surface area contributed by atoms with Crippen molar-refractivity contribution in [2.75, 3.05) is 25.4 Å². The Labute approximate surface area is 182 Å². The van der Waals surface area contributed by atoms with Crippen LogP contribution >= 0.6 is 0 Å². The van der Waals surface area contributed by atoms with E-state index in [0.717, 1.165) is 17.5 Å². The Balaban J connectivity index is 1.46. The minimum absolute atomic E-state index is 0.0141. The molecule has 2 aliphatic heterocycles. The highest BCUT2D eigenvalue weighted by Crippen LogP contribution is 2.26. The van der Waals surface area contributed by atoms with Crippen molar-refractivity contribution < 1.29 is 13.2 Å². The molecule has 8 nitrogen and oxygen atoms in total. The second-order valence-corrected chi connectivity index (χ2v) is 10.6. The molecular weight excluding hydrogens is 416 g/mol. The minimum atomic E-state index is -3.34. The van der Waals surface area contributed by atoms with Gasteiger partial charge in [0.05, 0.1) is 23.4 Å². The molecule has 166 valence electrons. The van der Waals surface area contributed by atoms with E-state index in [4.69, 9.17) is 0 Å². The van der Waals surface area contributed by atoms with Crippen LogP contribution in [0.4, 0.5) is 0 Å². The van der Waals surface area contributed by atoms with Gasteiger partial charge < -0.3 is 9.88 Å². The largest absolute Gasteiger partial charge is 0.342 e. The molecule has 0 aliphatic carbocycles. The predicted octanol–water partition coefficient (Wildman–Crippen LogP) is 1.34. The minimum Gasteiger partial charge on any atom is -0.342 e. The van der Waals surface area contributed by atoms with Gasteiger partial charge in [0.25, 0.3) is 5.56 Å². The van der Waals surface area contributed by atoms with Gasteiger partial charge in [-0.2, -0.15) is 4.31 Å². The van der Waals surface area contributed by atoms with Gasteiger partial charge in [-0.25, -0.2) is 13.4 Å². The second-order valence-electron chi connectivity index (χ2n) is 8.35. The fourth-order valence-corrected chi connectivity index (χ4v) is 5.41. The number of amides is 1. The van der Waals surface area contributed by atoms with Crippen molar-refractivity contribution in [3.63, 3.8) is 0 Å². The van der Waals surface area contributed by atoms with Crippen LogP contribution in [0.2, 0.25) is 0 Å². The number of carbonyl (C=O) groups is 1. The summed E-state index contributed by atoms with van der Waals surface area (Å²) >= 11 is 0. The van der Waals surface area contributed by atoms with Crippen LogP contribution < -0.4 is 5.56 Å². The molecule has 0 spiro atoms. The van der Waals surface area contributed by atoms with E-state index in [-0.39, 0.29) is 29.7 Å². The van der Waals surface area contributed by atoms with Crippen LogP contribution in [0.15, 0.2) is 29.1 Å². The average molecular weight is 445 g/mol. The summed E-state index contributed by atoms with van der Waals surface area (Å²) in [6.45, 7) is 5.18. The van der Waals surface area contributed by atoms with Gasteiger partial charge in [-0.05, 0) is 25.8 Å². The van der Waals surface area contributed by atoms with Crippen molar-refractivity contribution in [2.45, 2.75) is 45.6 Å². The number of nitrogens with zero attached hydrogens (tertiary/aromatic N) is 3. The highest BCUT2D eigenvalue weighted by atomic mass is 32.2. The van der Waals surface area contributed by atoms with Gasteiger partial charge in [0.1, 0.15) is 5.82 Å². The summed E-state index contributed by atoms with van der Waals surface area (Å²) < 4.78 is 25.7. The molecule has 1 amide bonds. The van der Waals surface area contributed by atoms with E-state index in [9.17, 15) is 18.0 Å². The molecule has 1 N–H and O–H groups in total. The fraction of sp³-hybridized carbons (Fsp3) is 0.500. The lowest BCUT2D eigenvalue weighted by Crippen LogP contribution is -2.40. The number of nitrogens with one attached hydrogen (secondary N) is 1. The summed E-state index contributed by atoms with van der Waals surface area (Å²) in [6, 6.07) is 7.95. The topological polar surface area (TPSA) is 103 Å². The van der Waals surface area contributed by atoms with E-state index < -0.39 is 10.0 Å². The van der Waals surface area contributed by atoms with Crippen molar-refractivity contribution in [3.05, 3.63) is 62.8 Å². The molecular formula is C22H28N4O4S. The molecule has 2 aliphatic rings. The third-order valence-corrected chi connectivity index (χ3v) is 8.00. The monoisotopic (exact) mass is 444 g/mol. The van der Waals surface area contributed by atoms with E-state index >= 15 is 0 Å². The Morgan fingerprint density at radius 2 is 2.10 bits per heavy atom. The van der Waals surface area contributed by atoms with Crippen LogP contribution in [0.1, 0.15) is 47.5 Å². The number of carbonyl (C=O) groups excluding carboxylic acids is 1. The molecule has 0 saturated carbocycles. The van der Waals surface area contributed by atoms with Crippen molar-refractivity contribution in [3.8, 4) is 0 Å². The number of aryl methyl sites for hydroxylation is 1. The molecule has 1 aromatic carbocycles. The quantitative estimate of drug-likeness (QED) is 0.750. The first-order valence-electron chi connectivity index (χ1n) is 10.7. The van der Waals surface area contributed by atoms with Crippen LogP contribution in [0.3, 0.4) is 0 Å². The maximum Gasteiger partial charge on any atom is 0.255 e. The van der Waals surface area contributed by atoms with E-state index in [1.165, 1.54) is 4.31 Å². The number of rotatable bonds is 5. The maximum atomic E-state index is 12.7. The van der Waals surface area contributed by atoms with Crippen LogP contribution in [0.25, 0.3) is 0 Å². The number of hydrogen-bond donors (Lipinski definition) is 1. The Morgan fingerprint density at radius 1 is 1.29 bits per heavy atom. The zero-order chi connectivity index (χ0) is 22.2. The van der Waals surface area contributed by atoms with Crippen LogP contribution in [0.5, 0.6) is 0 Å². The van der Waals surface area contributed by atoms with Gasteiger partial charge in [0.2, 0.25) is 15.9 Å². The molecule has 0 radical (unpaired) electrons. The van der Waals surface area contributed by atoms with Crippen LogP contribution in [-0.4, -0.2) is 58.9 Å². The Morgan fingerprint density at radius 3 is 2.84 bits per heavy atom.